The van der Waals surface area contributed by atoms with Crippen molar-refractivity contribution in [2.24, 2.45) is 11.7 Å². The van der Waals surface area contributed by atoms with Crippen LogP contribution in [0.4, 0.5) is 5.69 Å². The highest BCUT2D eigenvalue weighted by molar-refractivity contribution is 5.59. The Labute approximate surface area is 115 Å². The van der Waals surface area contributed by atoms with Gasteiger partial charge in [0, 0.05) is 19.1 Å². The minimum absolute atomic E-state index is 0.300. The van der Waals surface area contributed by atoms with E-state index in [1.165, 1.54) is 31.4 Å². The minimum atomic E-state index is 0.300. The van der Waals surface area contributed by atoms with E-state index >= 15 is 0 Å². The van der Waals surface area contributed by atoms with Gasteiger partial charge in [-0.1, -0.05) is 25.0 Å². The first-order valence-electron chi connectivity index (χ1n) is 7.57. The van der Waals surface area contributed by atoms with Crippen molar-refractivity contribution >= 4 is 5.69 Å². The van der Waals surface area contributed by atoms with Crippen LogP contribution in [0.3, 0.4) is 0 Å². The number of rotatable bonds is 3. The molecule has 0 saturated heterocycles. The molecule has 0 spiro atoms. The van der Waals surface area contributed by atoms with E-state index in [0.29, 0.717) is 6.04 Å². The quantitative estimate of drug-likeness (QED) is 0.908. The summed E-state index contributed by atoms with van der Waals surface area (Å²) >= 11 is 0. The standard InChI is InChI=1S/C16H24N2O/c17-14(13-6-1-2-7-13)12-18-10-5-11-19-16-9-4-3-8-15(16)18/h3-4,8-9,13-14H,1-2,5-7,10-12,17H2. The molecule has 19 heavy (non-hydrogen) atoms. The Kier molecular flexibility index (Phi) is 3.92. The molecule has 1 heterocycles. The van der Waals surface area contributed by atoms with Crippen molar-refractivity contribution in [3.8, 4) is 5.75 Å². The third kappa shape index (κ3) is 2.86. The molecule has 2 aliphatic rings. The maximum atomic E-state index is 6.44. The van der Waals surface area contributed by atoms with Gasteiger partial charge < -0.3 is 15.4 Å². The minimum Gasteiger partial charge on any atom is -0.491 e. The third-order valence-corrected chi connectivity index (χ3v) is 4.47. The van der Waals surface area contributed by atoms with Gasteiger partial charge in [-0.05, 0) is 37.3 Å². The highest BCUT2D eigenvalue weighted by Crippen LogP contribution is 2.32. The van der Waals surface area contributed by atoms with Gasteiger partial charge in [-0.2, -0.15) is 0 Å². The Morgan fingerprint density at radius 3 is 2.84 bits per heavy atom. The molecule has 0 amide bonds. The van der Waals surface area contributed by atoms with E-state index in [-0.39, 0.29) is 0 Å². The molecule has 1 aromatic carbocycles. The molecule has 1 aromatic rings. The number of fused-ring (bicyclic) bond motifs is 1. The van der Waals surface area contributed by atoms with Crippen molar-refractivity contribution in [1.29, 1.82) is 0 Å². The smallest absolute Gasteiger partial charge is 0.142 e. The van der Waals surface area contributed by atoms with Crippen LogP contribution in [0.1, 0.15) is 32.1 Å². The lowest BCUT2D eigenvalue weighted by molar-refractivity contribution is 0.322. The molecule has 104 valence electrons. The number of hydrogen-bond acceptors (Lipinski definition) is 3. The normalized spacial score (nSPS) is 21.6. The highest BCUT2D eigenvalue weighted by atomic mass is 16.5. The molecule has 1 atom stereocenters. The monoisotopic (exact) mass is 260 g/mol. The summed E-state index contributed by atoms with van der Waals surface area (Å²) in [6.45, 7) is 2.83. The van der Waals surface area contributed by atoms with Gasteiger partial charge in [0.2, 0.25) is 0 Å². The van der Waals surface area contributed by atoms with Crippen LogP contribution in [0.25, 0.3) is 0 Å². The predicted molar refractivity (Wildman–Crippen MR) is 78.7 cm³/mol. The van der Waals surface area contributed by atoms with E-state index in [9.17, 15) is 0 Å². The maximum absolute atomic E-state index is 6.44. The summed E-state index contributed by atoms with van der Waals surface area (Å²) in [4.78, 5) is 2.42. The topological polar surface area (TPSA) is 38.5 Å². The predicted octanol–water partition coefficient (Wildman–Crippen LogP) is 2.79. The largest absolute Gasteiger partial charge is 0.491 e. The van der Waals surface area contributed by atoms with E-state index < -0.39 is 0 Å². The molecule has 0 aromatic heterocycles. The van der Waals surface area contributed by atoms with Crippen molar-refractivity contribution in [2.75, 3.05) is 24.6 Å². The van der Waals surface area contributed by atoms with E-state index in [1.807, 2.05) is 6.07 Å². The SMILES string of the molecule is NC(CN1CCCOc2ccccc21)C1CCCC1. The average molecular weight is 260 g/mol. The molecule has 1 aliphatic heterocycles. The van der Waals surface area contributed by atoms with Gasteiger partial charge in [0.1, 0.15) is 5.75 Å². The Hall–Kier alpha value is -1.22. The number of benzene rings is 1. The molecule has 1 saturated carbocycles. The summed E-state index contributed by atoms with van der Waals surface area (Å²) in [6.07, 6.45) is 6.42. The van der Waals surface area contributed by atoms with Crippen LogP contribution in [0.15, 0.2) is 24.3 Å². The van der Waals surface area contributed by atoms with Gasteiger partial charge in [0.25, 0.3) is 0 Å². The second-order valence-corrected chi connectivity index (χ2v) is 5.82. The lowest BCUT2D eigenvalue weighted by Gasteiger charge is -2.29. The molecule has 3 rings (SSSR count). The first-order valence-corrected chi connectivity index (χ1v) is 7.57. The van der Waals surface area contributed by atoms with Crippen molar-refractivity contribution in [1.82, 2.24) is 0 Å². The highest BCUT2D eigenvalue weighted by Gasteiger charge is 2.25. The zero-order valence-corrected chi connectivity index (χ0v) is 11.6. The fraction of sp³-hybridized carbons (Fsp3) is 0.625. The number of anilines is 1. The van der Waals surface area contributed by atoms with Crippen LogP contribution in [0, 0.1) is 5.92 Å². The fourth-order valence-corrected chi connectivity index (χ4v) is 3.38. The molecule has 1 fully saturated rings. The maximum Gasteiger partial charge on any atom is 0.142 e. The summed E-state index contributed by atoms with van der Waals surface area (Å²) in [7, 11) is 0. The molecule has 3 heteroatoms. The Morgan fingerprint density at radius 2 is 2.00 bits per heavy atom. The van der Waals surface area contributed by atoms with Crippen LogP contribution in [-0.4, -0.2) is 25.7 Å². The van der Waals surface area contributed by atoms with Gasteiger partial charge in [-0.25, -0.2) is 0 Å². The van der Waals surface area contributed by atoms with E-state index in [2.05, 4.69) is 23.1 Å². The summed E-state index contributed by atoms with van der Waals surface area (Å²) < 4.78 is 5.80. The van der Waals surface area contributed by atoms with Crippen molar-refractivity contribution in [2.45, 2.75) is 38.1 Å². The van der Waals surface area contributed by atoms with Gasteiger partial charge in [0.05, 0.1) is 12.3 Å². The number of nitrogens with two attached hydrogens (primary N) is 1. The van der Waals surface area contributed by atoms with Crippen molar-refractivity contribution in [3.05, 3.63) is 24.3 Å². The Balaban J connectivity index is 1.72. The lowest BCUT2D eigenvalue weighted by atomic mass is 9.98. The summed E-state index contributed by atoms with van der Waals surface area (Å²) in [5.41, 5.74) is 7.65. The Bertz CT molecular complexity index is 415. The van der Waals surface area contributed by atoms with Crippen molar-refractivity contribution in [3.63, 3.8) is 0 Å². The molecule has 0 radical (unpaired) electrons. The number of nitrogens with zero attached hydrogens (tertiary/aromatic N) is 1. The van der Waals surface area contributed by atoms with Gasteiger partial charge in [-0.3, -0.25) is 0 Å². The van der Waals surface area contributed by atoms with Crippen LogP contribution in [0.2, 0.25) is 0 Å². The van der Waals surface area contributed by atoms with Crippen LogP contribution in [-0.2, 0) is 0 Å². The summed E-state index contributed by atoms with van der Waals surface area (Å²) in [6, 6.07) is 8.64. The number of para-hydroxylation sites is 2. The number of ether oxygens (including phenoxy) is 1. The first kappa shape index (κ1) is 12.8. The van der Waals surface area contributed by atoms with E-state index in [4.69, 9.17) is 10.5 Å². The van der Waals surface area contributed by atoms with Crippen LogP contribution >= 0.6 is 0 Å². The zero-order valence-electron chi connectivity index (χ0n) is 11.6. The fourth-order valence-electron chi connectivity index (χ4n) is 3.38. The van der Waals surface area contributed by atoms with E-state index in [0.717, 1.165) is 37.8 Å². The summed E-state index contributed by atoms with van der Waals surface area (Å²) in [5, 5.41) is 0. The average Bonchev–Trinajstić information content (AvgIpc) is 2.90. The molecule has 1 unspecified atom stereocenters. The molecule has 2 N–H and O–H groups in total. The van der Waals surface area contributed by atoms with E-state index in [1.54, 1.807) is 0 Å². The summed E-state index contributed by atoms with van der Waals surface area (Å²) in [5.74, 6) is 1.73. The van der Waals surface area contributed by atoms with Crippen molar-refractivity contribution < 1.29 is 4.74 Å². The zero-order chi connectivity index (χ0) is 13.1. The molecular formula is C16H24N2O. The lowest BCUT2D eigenvalue weighted by Crippen LogP contribution is -2.42. The van der Waals surface area contributed by atoms with Crippen LogP contribution in [0.5, 0.6) is 5.75 Å². The second kappa shape index (κ2) is 5.83. The third-order valence-electron chi connectivity index (χ3n) is 4.47. The van der Waals surface area contributed by atoms with Gasteiger partial charge in [0.15, 0.2) is 0 Å². The second-order valence-electron chi connectivity index (χ2n) is 5.82. The molecule has 3 nitrogen and oxygen atoms in total. The Morgan fingerprint density at radius 1 is 1.21 bits per heavy atom. The van der Waals surface area contributed by atoms with Crippen LogP contribution < -0.4 is 15.4 Å². The molecule has 0 bridgehead atoms. The first-order chi connectivity index (χ1) is 9.34. The van der Waals surface area contributed by atoms with Gasteiger partial charge in [-0.15, -0.1) is 0 Å². The molecule has 1 aliphatic carbocycles. The number of hydrogen-bond donors (Lipinski definition) is 1. The molecular weight excluding hydrogens is 236 g/mol. The van der Waals surface area contributed by atoms with Gasteiger partial charge >= 0.3 is 0 Å².